The first-order valence-electron chi connectivity index (χ1n) is 6.21. The van der Waals surface area contributed by atoms with E-state index in [0.717, 1.165) is 29.6 Å². The van der Waals surface area contributed by atoms with Gasteiger partial charge in [0.05, 0.1) is 5.69 Å². The van der Waals surface area contributed by atoms with Crippen molar-refractivity contribution < 1.29 is 4.74 Å². The molecule has 2 aromatic rings. The van der Waals surface area contributed by atoms with Crippen molar-refractivity contribution >= 4 is 11.6 Å². The molecule has 0 saturated heterocycles. The van der Waals surface area contributed by atoms with Crippen LogP contribution in [-0.2, 0) is 6.54 Å². The molecule has 0 aliphatic heterocycles. The molecule has 0 unspecified atom stereocenters. The number of aromatic nitrogens is 1. The zero-order chi connectivity index (χ0) is 13.5. The molecule has 3 nitrogen and oxygen atoms in total. The highest BCUT2D eigenvalue weighted by atomic mass is 35.5. The highest BCUT2D eigenvalue weighted by molar-refractivity contribution is 6.30. The molecule has 0 spiro atoms. The summed E-state index contributed by atoms with van der Waals surface area (Å²) < 4.78 is 5.65. The second-order valence-corrected chi connectivity index (χ2v) is 4.80. The number of likely N-dealkylation sites (N-methyl/N-ethyl adjacent to an activating group) is 1. The molecule has 0 bridgehead atoms. The van der Waals surface area contributed by atoms with Crippen molar-refractivity contribution in [3.05, 3.63) is 59.4 Å². The van der Waals surface area contributed by atoms with Gasteiger partial charge in [0.25, 0.3) is 0 Å². The molecule has 100 valence electrons. The average molecular weight is 277 g/mol. The normalized spacial score (nSPS) is 10.7. The zero-order valence-electron chi connectivity index (χ0n) is 10.9. The van der Waals surface area contributed by atoms with Gasteiger partial charge in [-0.05, 0) is 43.4 Å². The van der Waals surface area contributed by atoms with Crippen LogP contribution in [0.4, 0.5) is 0 Å². The fraction of sp³-hybridized carbons (Fsp3) is 0.267. The van der Waals surface area contributed by atoms with Crippen LogP contribution in [0.5, 0.6) is 5.75 Å². The van der Waals surface area contributed by atoms with Crippen molar-refractivity contribution in [3.8, 4) is 5.75 Å². The van der Waals surface area contributed by atoms with Gasteiger partial charge in [-0.3, -0.25) is 9.88 Å². The Labute approximate surface area is 118 Å². The summed E-state index contributed by atoms with van der Waals surface area (Å²) in [5.41, 5.74) is 1.07. The Kier molecular flexibility index (Phi) is 5.19. The summed E-state index contributed by atoms with van der Waals surface area (Å²) >= 11 is 5.82. The van der Waals surface area contributed by atoms with Crippen molar-refractivity contribution in [2.45, 2.75) is 6.54 Å². The summed E-state index contributed by atoms with van der Waals surface area (Å²) in [5, 5.41) is 0.722. The predicted octanol–water partition coefficient (Wildman–Crippen LogP) is 3.25. The van der Waals surface area contributed by atoms with Crippen LogP contribution in [0.1, 0.15) is 5.69 Å². The molecule has 0 aliphatic carbocycles. The van der Waals surface area contributed by atoms with E-state index < -0.39 is 0 Å². The Morgan fingerprint density at radius 3 is 2.63 bits per heavy atom. The van der Waals surface area contributed by atoms with Gasteiger partial charge in [-0.15, -0.1) is 0 Å². The van der Waals surface area contributed by atoms with E-state index in [1.54, 1.807) is 0 Å². The minimum atomic E-state index is 0.644. The molecule has 0 amide bonds. The van der Waals surface area contributed by atoms with E-state index in [9.17, 15) is 0 Å². The van der Waals surface area contributed by atoms with Crippen LogP contribution in [0.15, 0.2) is 48.7 Å². The molecule has 0 atom stereocenters. The van der Waals surface area contributed by atoms with E-state index in [2.05, 4.69) is 16.9 Å². The molecular weight excluding hydrogens is 260 g/mol. The fourth-order valence-electron chi connectivity index (χ4n) is 1.70. The first-order valence-corrected chi connectivity index (χ1v) is 6.58. The largest absolute Gasteiger partial charge is 0.492 e. The molecule has 1 heterocycles. The second-order valence-electron chi connectivity index (χ2n) is 4.36. The molecule has 0 N–H and O–H groups in total. The number of hydrogen-bond acceptors (Lipinski definition) is 3. The van der Waals surface area contributed by atoms with Crippen molar-refractivity contribution in [3.63, 3.8) is 0 Å². The average Bonchev–Trinajstić information content (AvgIpc) is 2.42. The summed E-state index contributed by atoms with van der Waals surface area (Å²) in [4.78, 5) is 6.48. The Balaban J connectivity index is 1.72. The summed E-state index contributed by atoms with van der Waals surface area (Å²) in [6.45, 7) is 2.31. The maximum absolute atomic E-state index is 5.82. The number of ether oxygens (including phenoxy) is 1. The van der Waals surface area contributed by atoms with E-state index >= 15 is 0 Å². The van der Waals surface area contributed by atoms with Gasteiger partial charge in [0, 0.05) is 24.3 Å². The van der Waals surface area contributed by atoms with E-state index in [-0.39, 0.29) is 0 Å². The van der Waals surface area contributed by atoms with Crippen LogP contribution < -0.4 is 4.74 Å². The standard InChI is InChI=1S/C15H17ClN2O/c1-18(12-14-4-2-3-9-17-14)10-11-19-15-7-5-13(16)6-8-15/h2-9H,10-12H2,1H3. The van der Waals surface area contributed by atoms with Gasteiger partial charge < -0.3 is 4.74 Å². The summed E-state index contributed by atoms with van der Waals surface area (Å²) in [6, 6.07) is 13.4. The fourth-order valence-corrected chi connectivity index (χ4v) is 1.82. The molecule has 4 heteroatoms. The topological polar surface area (TPSA) is 25.4 Å². The van der Waals surface area contributed by atoms with Crippen molar-refractivity contribution in [1.29, 1.82) is 0 Å². The summed E-state index contributed by atoms with van der Waals surface area (Å²) in [7, 11) is 2.06. The maximum atomic E-state index is 5.82. The predicted molar refractivity (Wildman–Crippen MR) is 77.5 cm³/mol. The third-order valence-electron chi connectivity index (χ3n) is 2.71. The highest BCUT2D eigenvalue weighted by Gasteiger charge is 2.01. The van der Waals surface area contributed by atoms with Crippen molar-refractivity contribution in [2.75, 3.05) is 20.2 Å². The van der Waals surface area contributed by atoms with Crippen LogP contribution in [0, 0.1) is 0 Å². The van der Waals surface area contributed by atoms with E-state index in [1.807, 2.05) is 48.7 Å². The number of halogens is 1. The first kappa shape index (κ1) is 13.8. The smallest absolute Gasteiger partial charge is 0.119 e. The summed E-state index contributed by atoms with van der Waals surface area (Å²) in [5.74, 6) is 0.843. The quantitative estimate of drug-likeness (QED) is 0.810. The Bertz CT molecular complexity index is 487. The van der Waals surface area contributed by atoms with Gasteiger partial charge in [0.2, 0.25) is 0 Å². The van der Waals surface area contributed by atoms with Gasteiger partial charge in [-0.1, -0.05) is 17.7 Å². The Morgan fingerprint density at radius 2 is 1.95 bits per heavy atom. The van der Waals surface area contributed by atoms with Crippen molar-refractivity contribution in [2.24, 2.45) is 0 Å². The molecular formula is C15H17ClN2O. The van der Waals surface area contributed by atoms with E-state index in [1.165, 1.54) is 0 Å². The minimum absolute atomic E-state index is 0.644. The first-order chi connectivity index (χ1) is 9.24. The third kappa shape index (κ3) is 4.89. The molecule has 0 fully saturated rings. The lowest BCUT2D eigenvalue weighted by atomic mass is 10.3. The molecule has 19 heavy (non-hydrogen) atoms. The molecule has 1 aromatic carbocycles. The second kappa shape index (κ2) is 7.12. The number of hydrogen-bond donors (Lipinski definition) is 0. The number of nitrogens with zero attached hydrogens (tertiary/aromatic N) is 2. The van der Waals surface area contributed by atoms with Gasteiger partial charge in [0.1, 0.15) is 12.4 Å². The zero-order valence-corrected chi connectivity index (χ0v) is 11.7. The molecule has 0 aliphatic rings. The number of pyridine rings is 1. The monoisotopic (exact) mass is 276 g/mol. The lowest BCUT2D eigenvalue weighted by Gasteiger charge is -2.16. The molecule has 1 aromatic heterocycles. The summed E-state index contributed by atoms with van der Waals surface area (Å²) in [6.07, 6.45) is 1.81. The van der Waals surface area contributed by atoms with Crippen LogP contribution in [0.3, 0.4) is 0 Å². The number of rotatable bonds is 6. The van der Waals surface area contributed by atoms with Crippen LogP contribution in [-0.4, -0.2) is 30.1 Å². The van der Waals surface area contributed by atoms with Crippen molar-refractivity contribution in [1.82, 2.24) is 9.88 Å². The van der Waals surface area contributed by atoms with Crippen LogP contribution in [0.25, 0.3) is 0 Å². The number of benzene rings is 1. The van der Waals surface area contributed by atoms with Crippen LogP contribution >= 0.6 is 11.6 Å². The highest BCUT2D eigenvalue weighted by Crippen LogP contribution is 2.15. The van der Waals surface area contributed by atoms with E-state index in [0.29, 0.717) is 6.61 Å². The van der Waals surface area contributed by atoms with Gasteiger partial charge in [0.15, 0.2) is 0 Å². The van der Waals surface area contributed by atoms with Gasteiger partial charge in [-0.2, -0.15) is 0 Å². The molecule has 0 radical (unpaired) electrons. The minimum Gasteiger partial charge on any atom is -0.492 e. The Hall–Kier alpha value is -1.58. The van der Waals surface area contributed by atoms with Crippen LogP contribution in [0.2, 0.25) is 5.02 Å². The third-order valence-corrected chi connectivity index (χ3v) is 2.97. The van der Waals surface area contributed by atoms with Gasteiger partial charge >= 0.3 is 0 Å². The van der Waals surface area contributed by atoms with Gasteiger partial charge in [-0.25, -0.2) is 0 Å². The maximum Gasteiger partial charge on any atom is 0.119 e. The van der Waals surface area contributed by atoms with E-state index in [4.69, 9.17) is 16.3 Å². The molecule has 0 saturated carbocycles. The Morgan fingerprint density at radius 1 is 1.16 bits per heavy atom. The lowest BCUT2D eigenvalue weighted by Crippen LogP contribution is -2.24. The SMILES string of the molecule is CN(CCOc1ccc(Cl)cc1)Cc1ccccn1. The molecule has 2 rings (SSSR count). The lowest BCUT2D eigenvalue weighted by molar-refractivity contribution is 0.231.